The monoisotopic (exact) mass is 487 g/mol. The molecule has 4 aromatic carbocycles. The fraction of sp³-hybridized carbons (Fsp3) is 0.188. The van der Waals surface area contributed by atoms with Crippen LogP contribution in [0.3, 0.4) is 0 Å². The van der Waals surface area contributed by atoms with E-state index in [2.05, 4.69) is 36.4 Å². The van der Waals surface area contributed by atoms with Crippen LogP contribution >= 0.6 is 0 Å². The molecule has 0 aliphatic carbocycles. The molecule has 6 rings (SSSR count). The highest BCUT2D eigenvalue weighted by atomic mass is 16.5. The van der Waals surface area contributed by atoms with Gasteiger partial charge < -0.3 is 18.6 Å². The number of fused-ring (bicyclic) bond motifs is 5. The topological polar surface area (TPSA) is 55.7 Å². The molecule has 5 heteroatoms. The van der Waals surface area contributed by atoms with Crippen molar-refractivity contribution in [3.63, 3.8) is 0 Å². The molecule has 0 bridgehead atoms. The van der Waals surface area contributed by atoms with E-state index in [0.29, 0.717) is 5.58 Å². The van der Waals surface area contributed by atoms with Crippen molar-refractivity contribution < 1.29 is 18.6 Å². The SMILES string of the molecule is CC(C)(O)C(C)(C)O[B]c1cc2c(-c3ccccc3)c(-c3ccccc3)oc2c2c1oc1ccccc12. The number of hydrogen-bond acceptors (Lipinski definition) is 4. The van der Waals surface area contributed by atoms with Gasteiger partial charge in [-0.15, -0.1) is 0 Å². The van der Waals surface area contributed by atoms with Crippen molar-refractivity contribution >= 4 is 45.9 Å². The van der Waals surface area contributed by atoms with E-state index >= 15 is 0 Å². The first-order chi connectivity index (χ1) is 17.7. The van der Waals surface area contributed by atoms with Gasteiger partial charge in [-0.3, -0.25) is 0 Å². The molecule has 0 aliphatic rings. The van der Waals surface area contributed by atoms with Crippen LogP contribution in [0.4, 0.5) is 0 Å². The van der Waals surface area contributed by atoms with Crippen molar-refractivity contribution in [1.82, 2.24) is 0 Å². The summed E-state index contributed by atoms with van der Waals surface area (Å²) in [5, 5.41) is 13.5. The summed E-state index contributed by atoms with van der Waals surface area (Å²) in [4.78, 5) is 0. The number of benzene rings is 4. The molecule has 0 unspecified atom stereocenters. The molecule has 183 valence electrons. The van der Waals surface area contributed by atoms with E-state index in [-0.39, 0.29) is 0 Å². The lowest BCUT2D eigenvalue weighted by Crippen LogP contribution is -2.49. The normalized spacial score (nSPS) is 12.6. The Morgan fingerprint density at radius 2 is 1.32 bits per heavy atom. The highest BCUT2D eigenvalue weighted by Gasteiger charge is 2.36. The maximum absolute atomic E-state index is 10.7. The van der Waals surface area contributed by atoms with Gasteiger partial charge in [0, 0.05) is 21.9 Å². The van der Waals surface area contributed by atoms with E-state index in [1.54, 1.807) is 21.3 Å². The van der Waals surface area contributed by atoms with Gasteiger partial charge in [0.15, 0.2) is 0 Å². The van der Waals surface area contributed by atoms with Gasteiger partial charge in [0.1, 0.15) is 22.5 Å². The van der Waals surface area contributed by atoms with E-state index in [4.69, 9.17) is 13.5 Å². The van der Waals surface area contributed by atoms with Gasteiger partial charge in [0.25, 0.3) is 0 Å². The summed E-state index contributed by atoms with van der Waals surface area (Å²) in [5.74, 6) is 0.809. The first-order valence-electron chi connectivity index (χ1n) is 12.5. The van der Waals surface area contributed by atoms with Crippen LogP contribution in [0.25, 0.3) is 55.4 Å². The van der Waals surface area contributed by atoms with E-state index < -0.39 is 11.2 Å². The number of hydrogen-bond donors (Lipinski definition) is 1. The fourth-order valence-electron chi connectivity index (χ4n) is 4.59. The molecular weight excluding hydrogens is 459 g/mol. The zero-order valence-electron chi connectivity index (χ0n) is 21.4. The van der Waals surface area contributed by atoms with Crippen LogP contribution in [0.15, 0.2) is 99.8 Å². The van der Waals surface area contributed by atoms with Gasteiger partial charge in [0.05, 0.1) is 16.6 Å². The molecule has 2 aromatic heterocycles. The molecule has 0 saturated heterocycles. The van der Waals surface area contributed by atoms with Gasteiger partial charge >= 0.3 is 7.48 Å². The molecule has 1 N–H and O–H groups in total. The molecule has 6 aromatic rings. The lowest BCUT2D eigenvalue weighted by Gasteiger charge is -2.37. The summed E-state index contributed by atoms with van der Waals surface area (Å²) >= 11 is 0. The molecule has 0 amide bonds. The maximum atomic E-state index is 10.7. The molecule has 0 spiro atoms. The minimum atomic E-state index is -1.05. The summed E-state index contributed by atoms with van der Waals surface area (Å²) in [6.07, 6.45) is 0. The van der Waals surface area contributed by atoms with Crippen molar-refractivity contribution in [2.75, 3.05) is 0 Å². The molecule has 2 heterocycles. The number of para-hydroxylation sites is 1. The Morgan fingerprint density at radius 3 is 2.00 bits per heavy atom. The smallest absolute Gasteiger partial charge is 0.334 e. The van der Waals surface area contributed by atoms with Crippen LogP contribution in [-0.4, -0.2) is 23.8 Å². The Hall–Kier alpha value is -3.80. The molecular formula is C32H28BO4. The van der Waals surface area contributed by atoms with Crippen LogP contribution in [-0.2, 0) is 4.65 Å². The zero-order valence-corrected chi connectivity index (χ0v) is 21.4. The van der Waals surface area contributed by atoms with Crippen molar-refractivity contribution in [1.29, 1.82) is 0 Å². The fourth-order valence-corrected chi connectivity index (χ4v) is 4.59. The van der Waals surface area contributed by atoms with Crippen LogP contribution in [0, 0.1) is 0 Å². The van der Waals surface area contributed by atoms with E-state index in [9.17, 15) is 5.11 Å². The minimum absolute atomic E-state index is 0.688. The van der Waals surface area contributed by atoms with E-state index in [1.807, 2.05) is 68.4 Å². The van der Waals surface area contributed by atoms with Crippen LogP contribution in [0.2, 0.25) is 0 Å². The van der Waals surface area contributed by atoms with E-state index in [1.165, 1.54) is 0 Å². The molecule has 0 saturated carbocycles. The minimum Gasteiger partial charge on any atom is -0.456 e. The molecule has 1 radical (unpaired) electrons. The van der Waals surface area contributed by atoms with Gasteiger partial charge in [-0.2, -0.15) is 0 Å². The van der Waals surface area contributed by atoms with Crippen molar-refractivity contribution in [3.8, 4) is 22.5 Å². The Kier molecular flexibility index (Phi) is 5.52. The Bertz CT molecular complexity index is 1720. The summed E-state index contributed by atoms with van der Waals surface area (Å²) in [6.45, 7) is 7.24. The van der Waals surface area contributed by atoms with Crippen LogP contribution in [0.5, 0.6) is 0 Å². The molecule has 37 heavy (non-hydrogen) atoms. The second-order valence-corrected chi connectivity index (χ2v) is 10.5. The van der Waals surface area contributed by atoms with Crippen LogP contribution < -0.4 is 5.46 Å². The van der Waals surface area contributed by atoms with Gasteiger partial charge in [0.2, 0.25) is 0 Å². The third-order valence-electron chi connectivity index (χ3n) is 7.38. The second kappa shape index (κ2) is 8.65. The highest BCUT2D eigenvalue weighted by Crippen LogP contribution is 2.44. The zero-order chi connectivity index (χ0) is 25.8. The third-order valence-corrected chi connectivity index (χ3v) is 7.38. The first kappa shape index (κ1) is 23.6. The molecule has 0 fully saturated rings. The molecule has 0 aliphatic heterocycles. The summed E-state index contributed by atoms with van der Waals surface area (Å²) in [5.41, 5.74) is 4.24. The Labute approximate surface area is 216 Å². The quantitative estimate of drug-likeness (QED) is 0.248. The molecule has 0 atom stereocenters. The lowest BCUT2D eigenvalue weighted by molar-refractivity contribution is -0.0893. The maximum Gasteiger partial charge on any atom is 0.334 e. The van der Waals surface area contributed by atoms with Crippen LogP contribution in [0.1, 0.15) is 27.7 Å². The largest absolute Gasteiger partial charge is 0.456 e. The number of furan rings is 2. The average molecular weight is 487 g/mol. The van der Waals surface area contributed by atoms with Crippen molar-refractivity contribution in [3.05, 3.63) is 91.0 Å². The molecule has 4 nitrogen and oxygen atoms in total. The Balaban J connectivity index is 1.68. The number of aliphatic hydroxyl groups is 1. The summed E-state index contributed by atoms with van der Waals surface area (Å²) in [6, 6.07) is 30.5. The van der Waals surface area contributed by atoms with Crippen molar-refractivity contribution in [2.45, 2.75) is 38.9 Å². The standard InChI is InChI=1S/C32H28BO4/c1-31(2,34)32(3,4)37-33-24-19-23-26(20-13-7-5-8-14-20)28(21-15-9-6-10-16-21)36-29(23)27-22-17-11-12-18-25(22)35-30(24)27/h5-19,34H,1-4H3. The predicted molar refractivity (Wildman–Crippen MR) is 151 cm³/mol. The highest BCUT2D eigenvalue weighted by molar-refractivity contribution is 6.53. The number of rotatable bonds is 6. The predicted octanol–water partition coefficient (Wildman–Crippen LogP) is 7.48. The summed E-state index contributed by atoms with van der Waals surface area (Å²) < 4.78 is 19.3. The van der Waals surface area contributed by atoms with Gasteiger partial charge in [-0.1, -0.05) is 84.9 Å². The van der Waals surface area contributed by atoms with Gasteiger partial charge in [-0.25, -0.2) is 0 Å². The lowest BCUT2D eigenvalue weighted by atomic mass is 9.81. The second-order valence-electron chi connectivity index (χ2n) is 10.5. The Morgan fingerprint density at radius 1 is 0.703 bits per heavy atom. The average Bonchev–Trinajstić information content (AvgIpc) is 3.46. The van der Waals surface area contributed by atoms with Crippen molar-refractivity contribution in [2.24, 2.45) is 0 Å². The third kappa shape index (κ3) is 3.95. The van der Waals surface area contributed by atoms with Gasteiger partial charge in [-0.05, 0) is 44.8 Å². The van der Waals surface area contributed by atoms with E-state index in [0.717, 1.165) is 55.2 Å². The summed E-state index contributed by atoms with van der Waals surface area (Å²) in [7, 11) is 1.70. The first-order valence-corrected chi connectivity index (χ1v) is 12.5.